The second-order valence-corrected chi connectivity index (χ2v) is 4.27. The molecule has 0 spiro atoms. The molecule has 1 aromatic carbocycles. The molecule has 0 saturated carbocycles. The monoisotopic (exact) mass is 249 g/mol. The average Bonchev–Trinajstić information content (AvgIpc) is 2.73. The van der Waals surface area contributed by atoms with Crippen LogP contribution in [0.15, 0.2) is 30.5 Å². The van der Waals surface area contributed by atoms with Gasteiger partial charge in [-0.05, 0) is 25.6 Å². The number of hydrogen-bond acceptors (Lipinski definition) is 2. The summed E-state index contributed by atoms with van der Waals surface area (Å²) >= 11 is 6.20. The van der Waals surface area contributed by atoms with E-state index < -0.39 is 0 Å². The van der Waals surface area contributed by atoms with Gasteiger partial charge in [0.1, 0.15) is 0 Å². The number of nitrogens with one attached hydrogen (secondary N) is 1. The van der Waals surface area contributed by atoms with Gasteiger partial charge in [0.25, 0.3) is 0 Å². The van der Waals surface area contributed by atoms with E-state index in [1.54, 1.807) is 0 Å². The van der Waals surface area contributed by atoms with Gasteiger partial charge >= 0.3 is 0 Å². The smallest absolute Gasteiger partial charge is 0.0835 e. The maximum Gasteiger partial charge on any atom is 0.0835 e. The first-order valence-corrected chi connectivity index (χ1v) is 6.11. The van der Waals surface area contributed by atoms with Crippen molar-refractivity contribution in [2.45, 2.75) is 19.9 Å². The molecule has 2 aromatic rings. The molecule has 3 nitrogen and oxygen atoms in total. The molecule has 2 rings (SSSR count). The predicted molar refractivity (Wildman–Crippen MR) is 70.7 cm³/mol. The Labute approximate surface area is 106 Å². The number of halogens is 1. The summed E-state index contributed by atoms with van der Waals surface area (Å²) in [7, 11) is 1.94. The van der Waals surface area contributed by atoms with Gasteiger partial charge in [-0.15, -0.1) is 0 Å². The number of hydrogen-bond donors (Lipinski definition) is 1. The molecule has 0 bridgehead atoms. The van der Waals surface area contributed by atoms with Gasteiger partial charge in [0.15, 0.2) is 0 Å². The van der Waals surface area contributed by atoms with Crippen LogP contribution >= 0.6 is 11.6 Å². The average molecular weight is 250 g/mol. The minimum Gasteiger partial charge on any atom is -0.316 e. The molecule has 90 valence electrons. The van der Waals surface area contributed by atoms with Gasteiger partial charge in [-0.3, -0.25) is 0 Å². The van der Waals surface area contributed by atoms with Crippen LogP contribution in [0.4, 0.5) is 0 Å². The summed E-state index contributed by atoms with van der Waals surface area (Å²) in [6, 6.07) is 7.77. The molecule has 0 atom stereocenters. The maximum absolute atomic E-state index is 6.20. The molecule has 1 heterocycles. The zero-order valence-corrected chi connectivity index (χ0v) is 10.8. The van der Waals surface area contributed by atoms with E-state index in [4.69, 9.17) is 11.6 Å². The lowest BCUT2D eigenvalue weighted by molar-refractivity contribution is 0.779. The lowest BCUT2D eigenvalue weighted by Crippen LogP contribution is -2.08. The van der Waals surface area contributed by atoms with Crippen molar-refractivity contribution < 1.29 is 0 Å². The minimum atomic E-state index is 0.723. The molecule has 1 aromatic heterocycles. The van der Waals surface area contributed by atoms with Gasteiger partial charge in [0.2, 0.25) is 0 Å². The molecule has 0 aliphatic heterocycles. The highest BCUT2D eigenvalue weighted by molar-refractivity contribution is 6.32. The third-order valence-corrected chi connectivity index (χ3v) is 3.06. The number of para-hydroxylation sites is 1. The van der Waals surface area contributed by atoms with Crippen LogP contribution in [-0.4, -0.2) is 16.8 Å². The van der Waals surface area contributed by atoms with E-state index in [0.29, 0.717) is 0 Å². The standard InChI is InChI=1S/C13H16ClN3/c1-3-12-10(8-15-2)9-16-17(12)13-7-5-4-6-11(13)14/h4-7,9,15H,3,8H2,1-2H3. The van der Waals surface area contributed by atoms with Gasteiger partial charge in [-0.2, -0.15) is 5.10 Å². The molecule has 1 N–H and O–H groups in total. The van der Waals surface area contributed by atoms with Gasteiger partial charge < -0.3 is 5.32 Å². The Balaban J connectivity index is 2.49. The van der Waals surface area contributed by atoms with Crippen LogP contribution in [-0.2, 0) is 13.0 Å². The van der Waals surface area contributed by atoms with Crippen LogP contribution in [0, 0.1) is 0 Å². The number of benzene rings is 1. The molecule has 0 saturated heterocycles. The van der Waals surface area contributed by atoms with Gasteiger partial charge in [0, 0.05) is 17.8 Å². The molecular formula is C13H16ClN3. The van der Waals surface area contributed by atoms with Crippen LogP contribution in [0.1, 0.15) is 18.2 Å². The molecule has 17 heavy (non-hydrogen) atoms. The number of aromatic nitrogens is 2. The molecule has 0 aliphatic carbocycles. The normalized spacial score (nSPS) is 10.8. The van der Waals surface area contributed by atoms with Gasteiger partial charge in [0.05, 0.1) is 16.9 Å². The quantitative estimate of drug-likeness (QED) is 0.903. The van der Waals surface area contributed by atoms with E-state index in [2.05, 4.69) is 17.3 Å². The molecule has 0 fully saturated rings. The van der Waals surface area contributed by atoms with E-state index >= 15 is 0 Å². The topological polar surface area (TPSA) is 29.9 Å². The van der Waals surface area contributed by atoms with E-state index in [1.807, 2.05) is 42.2 Å². The zero-order chi connectivity index (χ0) is 12.3. The lowest BCUT2D eigenvalue weighted by atomic mass is 10.2. The first-order chi connectivity index (χ1) is 8.27. The molecule has 0 radical (unpaired) electrons. The summed E-state index contributed by atoms with van der Waals surface area (Å²) in [5, 5.41) is 8.30. The van der Waals surface area contributed by atoms with E-state index in [0.717, 1.165) is 23.7 Å². The summed E-state index contributed by atoms with van der Waals surface area (Å²) in [4.78, 5) is 0. The highest BCUT2D eigenvalue weighted by Gasteiger charge is 2.11. The molecular weight excluding hydrogens is 234 g/mol. The molecule has 0 aliphatic rings. The molecule has 4 heteroatoms. The van der Waals surface area contributed by atoms with Crippen molar-refractivity contribution in [3.63, 3.8) is 0 Å². The fourth-order valence-electron chi connectivity index (χ4n) is 1.95. The van der Waals surface area contributed by atoms with E-state index in [1.165, 1.54) is 11.3 Å². The van der Waals surface area contributed by atoms with Crippen molar-refractivity contribution in [1.29, 1.82) is 0 Å². The van der Waals surface area contributed by atoms with Gasteiger partial charge in [-0.25, -0.2) is 4.68 Å². The zero-order valence-electron chi connectivity index (χ0n) is 10.1. The SMILES string of the molecule is CCc1c(CNC)cnn1-c1ccccc1Cl. The Kier molecular flexibility index (Phi) is 3.82. The van der Waals surface area contributed by atoms with Crippen molar-refractivity contribution in [3.8, 4) is 5.69 Å². The largest absolute Gasteiger partial charge is 0.316 e. The Morgan fingerprint density at radius 3 is 2.76 bits per heavy atom. The Hall–Kier alpha value is -1.32. The van der Waals surface area contributed by atoms with Crippen LogP contribution in [0.3, 0.4) is 0 Å². The minimum absolute atomic E-state index is 0.723. The Morgan fingerprint density at radius 1 is 1.35 bits per heavy atom. The first kappa shape index (κ1) is 12.1. The van der Waals surface area contributed by atoms with Crippen LogP contribution < -0.4 is 5.32 Å². The molecule has 0 unspecified atom stereocenters. The summed E-state index contributed by atoms with van der Waals surface area (Å²) in [5.74, 6) is 0. The third kappa shape index (κ3) is 2.35. The summed E-state index contributed by atoms with van der Waals surface area (Å²) < 4.78 is 1.93. The van der Waals surface area contributed by atoms with Gasteiger partial charge in [-0.1, -0.05) is 30.7 Å². The summed E-state index contributed by atoms with van der Waals surface area (Å²) in [5.41, 5.74) is 3.36. The number of nitrogens with zero attached hydrogens (tertiary/aromatic N) is 2. The highest BCUT2D eigenvalue weighted by Crippen LogP contribution is 2.22. The first-order valence-electron chi connectivity index (χ1n) is 5.73. The lowest BCUT2D eigenvalue weighted by Gasteiger charge is -2.09. The predicted octanol–water partition coefficient (Wildman–Crippen LogP) is 2.81. The maximum atomic E-state index is 6.20. The van der Waals surface area contributed by atoms with Crippen molar-refractivity contribution in [2.75, 3.05) is 7.05 Å². The fourth-order valence-corrected chi connectivity index (χ4v) is 2.17. The van der Waals surface area contributed by atoms with E-state index in [9.17, 15) is 0 Å². The van der Waals surface area contributed by atoms with Crippen LogP contribution in [0.2, 0.25) is 5.02 Å². The summed E-state index contributed by atoms with van der Waals surface area (Å²) in [6.45, 7) is 2.96. The second-order valence-electron chi connectivity index (χ2n) is 3.86. The van der Waals surface area contributed by atoms with Crippen LogP contribution in [0.25, 0.3) is 5.69 Å². The highest BCUT2D eigenvalue weighted by atomic mass is 35.5. The Bertz CT molecular complexity index is 505. The van der Waals surface area contributed by atoms with Crippen molar-refractivity contribution in [2.24, 2.45) is 0 Å². The molecule has 0 amide bonds. The van der Waals surface area contributed by atoms with Crippen molar-refractivity contribution in [1.82, 2.24) is 15.1 Å². The number of rotatable bonds is 4. The fraction of sp³-hybridized carbons (Fsp3) is 0.308. The summed E-state index contributed by atoms with van der Waals surface area (Å²) in [6.07, 6.45) is 2.83. The van der Waals surface area contributed by atoms with Crippen LogP contribution in [0.5, 0.6) is 0 Å². The van der Waals surface area contributed by atoms with Crippen molar-refractivity contribution >= 4 is 11.6 Å². The second kappa shape index (κ2) is 5.34. The third-order valence-electron chi connectivity index (χ3n) is 2.74. The Morgan fingerprint density at radius 2 is 2.12 bits per heavy atom. The van der Waals surface area contributed by atoms with Crippen molar-refractivity contribution in [3.05, 3.63) is 46.7 Å². The van der Waals surface area contributed by atoms with E-state index in [-0.39, 0.29) is 0 Å².